The predicted octanol–water partition coefficient (Wildman–Crippen LogP) is 5.02. The van der Waals surface area contributed by atoms with Gasteiger partial charge in [-0.25, -0.2) is 0 Å². The van der Waals surface area contributed by atoms with Gasteiger partial charge < -0.3 is 24.4 Å². The SMILES string of the molecule is COc1ccc(C(C)(C)[C@@H]2[C@@H](CCn3cc(CCO)nn3)O[C@]3(C(=O)N(Cc4ccccc4)c4ccc(N5CCC5=O)cc43)[C@H]2C)cc1. The number of amides is 2. The van der Waals surface area contributed by atoms with E-state index >= 15 is 4.79 Å². The number of ether oxygens (including phenoxy) is 2. The minimum atomic E-state index is -1.25. The zero-order valence-corrected chi connectivity index (χ0v) is 28.0. The number of aromatic nitrogens is 3. The molecule has 4 aromatic rings. The van der Waals surface area contributed by atoms with Crippen molar-refractivity contribution in [3.8, 4) is 5.75 Å². The third kappa shape index (κ3) is 5.27. The smallest absolute Gasteiger partial charge is 0.264 e. The largest absolute Gasteiger partial charge is 0.497 e. The minimum absolute atomic E-state index is 0.00854. The molecule has 1 aromatic heterocycles. The van der Waals surface area contributed by atoms with Gasteiger partial charge in [-0.1, -0.05) is 68.4 Å². The molecule has 4 heterocycles. The fourth-order valence-electron chi connectivity index (χ4n) is 8.19. The number of carbonyl (C=O) groups is 2. The molecule has 250 valence electrons. The number of rotatable bonds is 11. The van der Waals surface area contributed by atoms with E-state index < -0.39 is 11.0 Å². The highest BCUT2D eigenvalue weighted by atomic mass is 16.5. The highest BCUT2D eigenvalue weighted by molar-refractivity contribution is 6.08. The van der Waals surface area contributed by atoms with Gasteiger partial charge in [0.2, 0.25) is 5.91 Å². The molecule has 7 rings (SSSR count). The van der Waals surface area contributed by atoms with Crippen LogP contribution in [0, 0.1) is 11.8 Å². The van der Waals surface area contributed by atoms with Gasteiger partial charge in [0.25, 0.3) is 5.91 Å². The third-order valence-electron chi connectivity index (χ3n) is 10.8. The Balaban J connectivity index is 1.32. The number of fused-ring (bicyclic) bond motifs is 2. The number of benzene rings is 3. The summed E-state index contributed by atoms with van der Waals surface area (Å²) in [6, 6.07) is 24.1. The molecule has 0 bridgehead atoms. The highest BCUT2D eigenvalue weighted by Crippen LogP contribution is 2.60. The molecule has 1 N–H and O–H groups in total. The minimum Gasteiger partial charge on any atom is -0.497 e. The quantitative estimate of drug-likeness (QED) is 0.227. The highest BCUT2D eigenvalue weighted by Gasteiger charge is 2.66. The van der Waals surface area contributed by atoms with Crippen molar-refractivity contribution in [1.82, 2.24) is 15.0 Å². The van der Waals surface area contributed by atoms with Crippen LogP contribution in [0.4, 0.5) is 11.4 Å². The maximum absolute atomic E-state index is 15.1. The van der Waals surface area contributed by atoms with Crippen LogP contribution in [-0.4, -0.2) is 58.3 Å². The van der Waals surface area contributed by atoms with Crippen LogP contribution in [0.15, 0.2) is 79.0 Å². The molecule has 3 aliphatic heterocycles. The predicted molar refractivity (Wildman–Crippen MR) is 182 cm³/mol. The first kappa shape index (κ1) is 32.0. The summed E-state index contributed by atoms with van der Waals surface area (Å²) >= 11 is 0. The zero-order valence-electron chi connectivity index (χ0n) is 28.0. The number of aliphatic hydroxyl groups is 1. The summed E-state index contributed by atoms with van der Waals surface area (Å²) in [5.41, 5.74) is 3.66. The summed E-state index contributed by atoms with van der Waals surface area (Å²) in [7, 11) is 1.66. The second-order valence-electron chi connectivity index (χ2n) is 13.8. The second kappa shape index (κ2) is 12.5. The van der Waals surface area contributed by atoms with Gasteiger partial charge in [-0.05, 0) is 53.3 Å². The lowest BCUT2D eigenvalue weighted by Crippen LogP contribution is -2.46. The first-order valence-corrected chi connectivity index (χ1v) is 16.8. The second-order valence-corrected chi connectivity index (χ2v) is 13.8. The molecular weight excluding hydrogens is 606 g/mol. The average molecular weight is 650 g/mol. The standard InChI is InChI=1S/C38H43N5O5/c1-25-35(37(2,3)27-10-13-30(47-4)14-11-27)33(16-19-41-24-28(18-21-44)39-40-41)48-38(25)31-22-29(42-20-17-34(42)45)12-15-32(31)43(36(38)46)23-26-8-6-5-7-9-26/h5-15,22,24-25,33,35,44H,16-21,23H2,1-4H3/t25-,33+,35-,38+/m0/s1. The summed E-state index contributed by atoms with van der Waals surface area (Å²) < 4.78 is 14.5. The first-order chi connectivity index (χ1) is 23.2. The number of anilines is 2. The number of hydrogen-bond donors (Lipinski definition) is 1. The number of methoxy groups -OCH3 is 1. The van der Waals surface area contributed by atoms with Crippen LogP contribution < -0.4 is 14.5 Å². The van der Waals surface area contributed by atoms with E-state index in [-0.39, 0.29) is 36.4 Å². The Bertz CT molecular complexity index is 1810. The van der Waals surface area contributed by atoms with Crippen molar-refractivity contribution in [3.63, 3.8) is 0 Å². The van der Waals surface area contributed by atoms with Crippen LogP contribution in [0.3, 0.4) is 0 Å². The third-order valence-corrected chi connectivity index (χ3v) is 10.8. The van der Waals surface area contributed by atoms with E-state index in [9.17, 15) is 9.90 Å². The molecule has 4 atom stereocenters. The normalized spacial score (nSPS) is 23.6. The number of hydrogen-bond acceptors (Lipinski definition) is 7. The van der Waals surface area contributed by atoms with E-state index in [0.29, 0.717) is 38.9 Å². The van der Waals surface area contributed by atoms with Crippen LogP contribution in [-0.2, 0) is 44.9 Å². The van der Waals surface area contributed by atoms with Crippen LogP contribution in [0.5, 0.6) is 5.75 Å². The van der Waals surface area contributed by atoms with E-state index in [1.165, 1.54) is 0 Å². The van der Waals surface area contributed by atoms with Gasteiger partial charge in [0.15, 0.2) is 5.60 Å². The van der Waals surface area contributed by atoms with Crippen molar-refractivity contribution in [2.45, 2.75) is 70.2 Å². The molecule has 0 aliphatic carbocycles. The van der Waals surface area contributed by atoms with Gasteiger partial charge in [-0.3, -0.25) is 14.3 Å². The van der Waals surface area contributed by atoms with Crippen LogP contribution >= 0.6 is 0 Å². The van der Waals surface area contributed by atoms with Crippen LogP contribution in [0.25, 0.3) is 0 Å². The van der Waals surface area contributed by atoms with Crippen LogP contribution in [0.1, 0.15) is 56.0 Å². The molecule has 3 aliphatic rings. The van der Waals surface area contributed by atoms with E-state index in [0.717, 1.165) is 39.5 Å². The summed E-state index contributed by atoms with van der Waals surface area (Å²) in [6.45, 7) is 8.24. The lowest BCUT2D eigenvalue weighted by molar-refractivity contribution is -0.146. The number of aliphatic hydroxyl groups excluding tert-OH is 1. The molecule has 0 unspecified atom stereocenters. The lowest BCUT2D eigenvalue weighted by Gasteiger charge is -2.39. The van der Waals surface area contributed by atoms with Crippen LogP contribution in [0.2, 0.25) is 0 Å². The number of carbonyl (C=O) groups excluding carboxylic acids is 2. The lowest BCUT2D eigenvalue weighted by atomic mass is 9.63. The zero-order chi connectivity index (χ0) is 33.6. The van der Waals surface area contributed by atoms with Crippen molar-refractivity contribution in [2.75, 3.05) is 30.1 Å². The average Bonchev–Trinajstić information content (AvgIpc) is 3.73. The molecule has 2 amide bonds. The first-order valence-electron chi connectivity index (χ1n) is 16.8. The van der Waals surface area contributed by atoms with E-state index in [1.54, 1.807) is 16.7 Å². The maximum atomic E-state index is 15.1. The Hall–Kier alpha value is -4.54. The molecular formula is C38H43N5O5. The fourth-order valence-corrected chi connectivity index (χ4v) is 8.19. The van der Waals surface area contributed by atoms with Crippen molar-refractivity contribution in [3.05, 3.63) is 101 Å². The molecule has 0 saturated carbocycles. The van der Waals surface area contributed by atoms with Crippen molar-refractivity contribution < 1.29 is 24.2 Å². The van der Waals surface area contributed by atoms with Crippen molar-refractivity contribution >= 4 is 23.2 Å². The molecule has 0 radical (unpaired) electrons. The van der Waals surface area contributed by atoms with Gasteiger partial charge in [-0.2, -0.15) is 0 Å². The molecule has 10 nitrogen and oxygen atoms in total. The van der Waals surface area contributed by atoms with Crippen molar-refractivity contribution in [1.29, 1.82) is 0 Å². The van der Waals surface area contributed by atoms with Gasteiger partial charge in [0.1, 0.15) is 5.75 Å². The Kier molecular flexibility index (Phi) is 8.33. The molecule has 2 saturated heterocycles. The number of nitrogens with zero attached hydrogens (tertiary/aromatic N) is 5. The van der Waals surface area contributed by atoms with Gasteiger partial charge in [0, 0.05) is 61.8 Å². The molecule has 10 heteroatoms. The molecule has 3 aromatic carbocycles. The topological polar surface area (TPSA) is 110 Å². The Labute approximate surface area is 281 Å². The Morgan fingerprint density at radius 1 is 1.06 bits per heavy atom. The van der Waals surface area contributed by atoms with E-state index in [2.05, 4.69) is 43.2 Å². The monoisotopic (exact) mass is 649 g/mol. The van der Waals surface area contributed by atoms with Gasteiger partial charge in [0.05, 0.1) is 31.1 Å². The summed E-state index contributed by atoms with van der Waals surface area (Å²) in [6.07, 6.45) is 3.12. The summed E-state index contributed by atoms with van der Waals surface area (Å²) in [5.74, 6) is 0.487. The summed E-state index contributed by atoms with van der Waals surface area (Å²) in [5, 5.41) is 17.9. The van der Waals surface area contributed by atoms with Gasteiger partial charge in [-0.15, -0.1) is 5.10 Å². The van der Waals surface area contributed by atoms with Crippen molar-refractivity contribution in [2.24, 2.45) is 11.8 Å². The molecule has 48 heavy (non-hydrogen) atoms. The van der Waals surface area contributed by atoms with Gasteiger partial charge >= 0.3 is 0 Å². The molecule has 2 fully saturated rings. The van der Waals surface area contributed by atoms with E-state index in [4.69, 9.17) is 9.47 Å². The van der Waals surface area contributed by atoms with E-state index in [1.807, 2.05) is 71.8 Å². The molecule has 1 spiro atoms. The number of β-lactam (4-membered cyclic amide) rings is 1. The Morgan fingerprint density at radius 3 is 2.50 bits per heavy atom. The maximum Gasteiger partial charge on any atom is 0.264 e. The summed E-state index contributed by atoms with van der Waals surface area (Å²) in [4.78, 5) is 31.3. The Morgan fingerprint density at radius 2 is 1.83 bits per heavy atom. The number of aryl methyl sites for hydroxylation is 1. The fraction of sp³-hybridized carbons (Fsp3) is 0.421.